The fourth-order valence-electron chi connectivity index (χ4n) is 3.29. The molecular weight excluding hydrogens is 391 g/mol. The molecular formula is C22H23FN2O3S. The lowest BCUT2D eigenvalue weighted by Crippen LogP contribution is -2.18. The molecule has 2 aromatic rings. The topological polar surface area (TPSA) is 78.8 Å². The van der Waals surface area contributed by atoms with Crippen molar-refractivity contribution in [2.75, 3.05) is 11.9 Å². The lowest BCUT2D eigenvalue weighted by Gasteiger charge is -2.15. The number of carboxylic acid groups (broad SMARTS) is 1. The number of nitrogens with zero attached hydrogens (tertiary/aromatic N) is 1. The summed E-state index contributed by atoms with van der Waals surface area (Å²) in [5.74, 6) is -1.65. The van der Waals surface area contributed by atoms with Crippen LogP contribution in [-0.4, -0.2) is 29.7 Å². The number of aromatic carboxylic acids is 1. The number of carbonyl (C=O) groups excluding carboxylic acids is 1. The van der Waals surface area contributed by atoms with E-state index >= 15 is 0 Å². The predicted molar refractivity (Wildman–Crippen MR) is 114 cm³/mol. The molecule has 0 radical (unpaired) electrons. The SMILES string of the molecule is CCCCCc1cc(NC(=O)C2=C(c3ccc(F)cc3)CCN=C2)sc1C(=O)O. The van der Waals surface area contributed by atoms with Crippen LogP contribution in [0, 0.1) is 5.82 Å². The van der Waals surface area contributed by atoms with Gasteiger partial charge in [0, 0.05) is 12.8 Å². The summed E-state index contributed by atoms with van der Waals surface area (Å²) < 4.78 is 13.2. The number of dihydropyridines is 1. The van der Waals surface area contributed by atoms with Crippen molar-refractivity contribution in [3.8, 4) is 0 Å². The molecule has 1 amide bonds. The Morgan fingerprint density at radius 3 is 2.69 bits per heavy atom. The maximum absolute atomic E-state index is 13.2. The summed E-state index contributed by atoms with van der Waals surface area (Å²) >= 11 is 1.07. The second-order valence-electron chi connectivity index (χ2n) is 6.87. The number of anilines is 1. The third kappa shape index (κ3) is 5.17. The van der Waals surface area contributed by atoms with Gasteiger partial charge in [-0.15, -0.1) is 11.3 Å². The summed E-state index contributed by atoms with van der Waals surface area (Å²) in [6, 6.07) is 7.78. The number of hydrogen-bond acceptors (Lipinski definition) is 4. The highest BCUT2D eigenvalue weighted by atomic mass is 32.1. The summed E-state index contributed by atoms with van der Waals surface area (Å²) in [6.07, 6.45) is 5.78. The molecule has 5 nitrogen and oxygen atoms in total. The maximum Gasteiger partial charge on any atom is 0.346 e. The first-order chi connectivity index (χ1) is 14.0. The molecule has 0 unspecified atom stereocenters. The second kappa shape index (κ2) is 9.60. The fraction of sp³-hybridized carbons (Fsp3) is 0.318. The molecule has 2 heterocycles. The Kier molecular flexibility index (Phi) is 6.93. The van der Waals surface area contributed by atoms with Crippen molar-refractivity contribution in [3.05, 3.63) is 57.7 Å². The van der Waals surface area contributed by atoms with E-state index in [1.807, 2.05) is 0 Å². The van der Waals surface area contributed by atoms with Gasteiger partial charge in [-0.05, 0) is 54.2 Å². The Balaban J connectivity index is 1.84. The van der Waals surface area contributed by atoms with Crippen molar-refractivity contribution in [2.45, 2.75) is 39.0 Å². The van der Waals surface area contributed by atoms with E-state index in [2.05, 4.69) is 17.2 Å². The van der Waals surface area contributed by atoms with Gasteiger partial charge < -0.3 is 10.4 Å². The van der Waals surface area contributed by atoms with Gasteiger partial charge in [0.1, 0.15) is 10.7 Å². The van der Waals surface area contributed by atoms with E-state index in [4.69, 9.17) is 0 Å². The molecule has 0 atom stereocenters. The van der Waals surface area contributed by atoms with Gasteiger partial charge in [-0.2, -0.15) is 0 Å². The highest BCUT2D eigenvalue weighted by molar-refractivity contribution is 7.18. The minimum atomic E-state index is -0.979. The quantitative estimate of drug-likeness (QED) is 0.584. The van der Waals surface area contributed by atoms with Gasteiger partial charge in [-0.1, -0.05) is 31.9 Å². The molecule has 29 heavy (non-hydrogen) atoms. The van der Waals surface area contributed by atoms with Crippen molar-refractivity contribution in [3.63, 3.8) is 0 Å². The first kappa shape index (κ1) is 20.9. The molecule has 0 spiro atoms. The van der Waals surface area contributed by atoms with Crippen LogP contribution in [0.4, 0.5) is 9.39 Å². The molecule has 0 fully saturated rings. The largest absolute Gasteiger partial charge is 0.477 e. The van der Waals surface area contributed by atoms with Crippen LogP contribution in [0.1, 0.15) is 53.4 Å². The van der Waals surface area contributed by atoms with Gasteiger partial charge in [0.05, 0.1) is 10.6 Å². The number of aliphatic imine (C=N–C) groups is 1. The number of halogens is 1. The van der Waals surface area contributed by atoms with Crippen LogP contribution in [0.25, 0.3) is 5.57 Å². The number of rotatable bonds is 8. The van der Waals surface area contributed by atoms with Crippen molar-refractivity contribution in [1.82, 2.24) is 0 Å². The van der Waals surface area contributed by atoms with Crippen LogP contribution in [0.15, 0.2) is 40.9 Å². The minimum Gasteiger partial charge on any atom is -0.477 e. The first-order valence-corrected chi connectivity index (χ1v) is 10.5. The van der Waals surface area contributed by atoms with Crippen molar-refractivity contribution in [2.24, 2.45) is 4.99 Å². The molecule has 0 saturated heterocycles. The van der Waals surface area contributed by atoms with E-state index in [0.29, 0.717) is 30.0 Å². The van der Waals surface area contributed by atoms with Gasteiger partial charge in [-0.3, -0.25) is 9.79 Å². The number of carboxylic acids is 1. The van der Waals surface area contributed by atoms with Crippen LogP contribution in [0.2, 0.25) is 0 Å². The zero-order valence-electron chi connectivity index (χ0n) is 16.2. The summed E-state index contributed by atoms with van der Waals surface area (Å²) in [4.78, 5) is 28.9. The van der Waals surface area contributed by atoms with E-state index in [-0.39, 0.29) is 16.6 Å². The van der Waals surface area contributed by atoms with Crippen molar-refractivity contribution in [1.29, 1.82) is 0 Å². The Bertz CT molecular complexity index is 961. The molecule has 1 aliphatic heterocycles. The number of hydrogen-bond donors (Lipinski definition) is 2. The number of nitrogens with one attached hydrogen (secondary N) is 1. The summed E-state index contributed by atoms with van der Waals surface area (Å²) in [5.41, 5.74) is 2.74. The lowest BCUT2D eigenvalue weighted by atomic mass is 9.95. The van der Waals surface area contributed by atoms with Gasteiger partial charge in [0.2, 0.25) is 0 Å². The molecule has 1 aromatic heterocycles. The monoisotopic (exact) mass is 414 g/mol. The summed E-state index contributed by atoms with van der Waals surface area (Å²) in [5, 5.41) is 12.8. The molecule has 3 rings (SSSR count). The average molecular weight is 415 g/mol. The van der Waals surface area contributed by atoms with Gasteiger partial charge in [-0.25, -0.2) is 9.18 Å². The van der Waals surface area contributed by atoms with Crippen LogP contribution in [0.5, 0.6) is 0 Å². The van der Waals surface area contributed by atoms with Gasteiger partial charge in [0.25, 0.3) is 5.91 Å². The third-order valence-electron chi connectivity index (χ3n) is 4.76. The molecule has 152 valence electrons. The Hall–Kier alpha value is -2.80. The zero-order chi connectivity index (χ0) is 20.8. The predicted octanol–water partition coefficient (Wildman–Crippen LogP) is 5.18. The number of unbranched alkanes of at least 4 members (excludes halogenated alkanes) is 2. The number of benzene rings is 1. The number of amides is 1. The number of aryl methyl sites for hydroxylation is 1. The van der Waals surface area contributed by atoms with Crippen LogP contribution < -0.4 is 5.32 Å². The molecule has 1 aliphatic rings. The van der Waals surface area contributed by atoms with Crippen LogP contribution in [0.3, 0.4) is 0 Å². The summed E-state index contributed by atoms with van der Waals surface area (Å²) in [6.45, 7) is 2.66. The lowest BCUT2D eigenvalue weighted by molar-refractivity contribution is -0.112. The van der Waals surface area contributed by atoms with Gasteiger partial charge >= 0.3 is 5.97 Å². The van der Waals surface area contributed by atoms with Crippen LogP contribution in [-0.2, 0) is 11.2 Å². The van der Waals surface area contributed by atoms with E-state index < -0.39 is 5.97 Å². The number of carbonyl (C=O) groups is 2. The normalized spacial score (nSPS) is 13.6. The van der Waals surface area contributed by atoms with Gasteiger partial charge in [0.15, 0.2) is 0 Å². The van der Waals surface area contributed by atoms with Crippen molar-refractivity contribution >= 4 is 40.0 Å². The van der Waals surface area contributed by atoms with E-state index in [0.717, 1.165) is 47.3 Å². The Morgan fingerprint density at radius 2 is 2.00 bits per heavy atom. The third-order valence-corrected chi connectivity index (χ3v) is 5.84. The minimum absolute atomic E-state index is 0.265. The fourth-order valence-corrected chi connectivity index (χ4v) is 4.24. The van der Waals surface area contributed by atoms with Crippen LogP contribution >= 0.6 is 11.3 Å². The highest BCUT2D eigenvalue weighted by Gasteiger charge is 2.21. The Morgan fingerprint density at radius 1 is 1.24 bits per heavy atom. The highest BCUT2D eigenvalue weighted by Crippen LogP contribution is 2.30. The molecule has 2 N–H and O–H groups in total. The van der Waals surface area contributed by atoms with Crippen molar-refractivity contribution < 1.29 is 19.1 Å². The zero-order valence-corrected chi connectivity index (χ0v) is 17.0. The Labute approximate surface area is 173 Å². The standard InChI is InChI=1S/C22H23FN2O3S/c1-2-3-4-5-15-12-19(29-20(15)22(27)28)25-21(26)18-13-24-11-10-17(18)14-6-8-16(23)9-7-14/h6-9,12-13H,2-5,10-11H2,1H3,(H,25,26)(H,27,28). The molecule has 0 bridgehead atoms. The molecule has 1 aromatic carbocycles. The molecule has 0 aliphatic carbocycles. The maximum atomic E-state index is 13.2. The van der Waals surface area contributed by atoms with E-state index in [1.54, 1.807) is 18.2 Å². The average Bonchev–Trinajstić information content (AvgIpc) is 3.11. The smallest absolute Gasteiger partial charge is 0.346 e. The van der Waals surface area contributed by atoms with E-state index in [9.17, 15) is 19.1 Å². The summed E-state index contributed by atoms with van der Waals surface area (Å²) in [7, 11) is 0. The second-order valence-corrected chi connectivity index (χ2v) is 7.92. The molecule has 0 saturated carbocycles. The first-order valence-electron chi connectivity index (χ1n) is 9.66. The number of thiophene rings is 1. The van der Waals surface area contributed by atoms with E-state index in [1.165, 1.54) is 18.3 Å². The molecule has 7 heteroatoms.